The summed E-state index contributed by atoms with van der Waals surface area (Å²) in [7, 11) is 3.48. The van der Waals surface area contributed by atoms with E-state index in [2.05, 4.69) is 27.4 Å². The summed E-state index contributed by atoms with van der Waals surface area (Å²) in [6.07, 6.45) is 3.16. The summed E-state index contributed by atoms with van der Waals surface area (Å²) in [6.45, 7) is 9.30. The van der Waals surface area contributed by atoms with Crippen molar-refractivity contribution < 1.29 is 14.3 Å². The largest absolute Gasteiger partial charge is 0.356 e. The van der Waals surface area contributed by atoms with Gasteiger partial charge in [0.1, 0.15) is 6.54 Å². The predicted molar refractivity (Wildman–Crippen MR) is 102 cm³/mol. The van der Waals surface area contributed by atoms with E-state index in [0.29, 0.717) is 31.8 Å². The summed E-state index contributed by atoms with van der Waals surface area (Å²) in [5, 5.41) is 6.72. The summed E-state index contributed by atoms with van der Waals surface area (Å²) >= 11 is 0. The average Bonchev–Trinajstić information content (AvgIpc) is 3.25. The van der Waals surface area contributed by atoms with Crippen LogP contribution in [-0.2, 0) is 14.3 Å². The lowest BCUT2D eigenvalue weighted by molar-refractivity contribution is -0.145. The van der Waals surface area contributed by atoms with Crippen LogP contribution in [0.3, 0.4) is 0 Å². The average molecular weight is 370 g/mol. The van der Waals surface area contributed by atoms with Gasteiger partial charge in [-0.2, -0.15) is 0 Å². The Bertz CT molecular complexity index is 477. The highest BCUT2D eigenvalue weighted by atomic mass is 16.7. The first-order chi connectivity index (χ1) is 12.4. The van der Waals surface area contributed by atoms with Gasteiger partial charge in [0.2, 0.25) is 5.91 Å². The minimum Gasteiger partial charge on any atom is -0.356 e. The zero-order valence-electron chi connectivity index (χ0n) is 16.7. The van der Waals surface area contributed by atoms with Crippen molar-refractivity contribution >= 4 is 11.9 Å². The van der Waals surface area contributed by atoms with Crippen LogP contribution in [0, 0.1) is 0 Å². The van der Waals surface area contributed by atoms with E-state index < -0.39 is 5.79 Å². The lowest BCUT2D eigenvalue weighted by atomic mass is 10.2. The van der Waals surface area contributed by atoms with Gasteiger partial charge in [-0.1, -0.05) is 6.92 Å². The summed E-state index contributed by atoms with van der Waals surface area (Å²) in [6, 6.07) is 0.524. The van der Waals surface area contributed by atoms with Crippen molar-refractivity contribution in [2.24, 2.45) is 4.99 Å². The number of rotatable bonds is 8. The van der Waals surface area contributed by atoms with Gasteiger partial charge in [-0.15, -0.1) is 0 Å². The van der Waals surface area contributed by atoms with Crippen molar-refractivity contribution in [3.05, 3.63) is 0 Å². The Morgan fingerprint density at radius 3 is 2.69 bits per heavy atom. The highest BCUT2D eigenvalue weighted by Crippen LogP contribution is 2.21. The summed E-state index contributed by atoms with van der Waals surface area (Å²) in [4.78, 5) is 20.3. The van der Waals surface area contributed by atoms with Crippen molar-refractivity contribution in [1.29, 1.82) is 0 Å². The third-order valence-electron chi connectivity index (χ3n) is 5.05. The van der Waals surface area contributed by atoms with E-state index in [-0.39, 0.29) is 12.5 Å². The predicted octanol–water partition coefficient (Wildman–Crippen LogP) is 0.247. The van der Waals surface area contributed by atoms with E-state index in [0.717, 1.165) is 26.1 Å². The number of likely N-dealkylation sites (tertiary alicyclic amines) is 1. The fraction of sp³-hybridized carbons (Fsp3) is 0.889. The first-order valence-electron chi connectivity index (χ1n) is 9.68. The molecule has 8 heteroatoms. The Labute approximate surface area is 157 Å². The van der Waals surface area contributed by atoms with E-state index in [1.807, 2.05) is 6.92 Å². The lowest BCUT2D eigenvalue weighted by Crippen LogP contribution is -2.46. The van der Waals surface area contributed by atoms with Crippen LogP contribution >= 0.6 is 0 Å². The van der Waals surface area contributed by atoms with Crippen LogP contribution < -0.4 is 10.6 Å². The first-order valence-corrected chi connectivity index (χ1v) is 9.68. The molecule has 2 saturated heterocycles. The van der Waals surface area contributed by atoms with Crippen LogP contribution in [0.4, 0.5) is 0 Å². The maximum atomic E-state index is 11.9. The molecule has 0 saturated carbocycles. The number of hydrogen-bond donors (Lipinski definition) is 2. The topological polar surface area (TPSA) is 78.4 Å². The minimum atomic E-state index is -0.526. The van der Waals surface area contributed by atoms with Gasteiger partial charge in [0.25, 0.3) is 0 Å². The van der Waals surface area contributed by atoms with Crippen LogP contribution in [0.2, 0.25) is 0 Å². The zero-order chi connectivity index (χ0) is 19.0. The highest BCUT2D eigenvalue weighted by Gasteiger charge is 2.30. The molecule has 0 aromatic rings. The molecule has 150 valence electrons. The maximum Gasteiger partial charge on any atom is 0.243 e. The molecule has 0 aliphatic carbocycles. The maximum absolute atomic E-state index is 11.9. The van der Waals surface area contributed by atoms with E-state index in [4.69, 9.17) is 9.47 Å². The quantitative estimate of drug-likeness (QED) is 0.472. The van der Waals surface area contributed by atoms with Crippen molar-refractivity contribution in [3.63, 3.8) is 0 Å². The number of guanidine groups is 1. The minimum absolute atomic E-state index is 0.0171. The summed E-state index contributed by atoms with van der Waals surface area (Å²) < 4.78 is 11.3. The van der Waals surface area contributed by atoms with Crippen molar-refractivity contribution in [3.8, 4) is 0 Å². The normalized spacial score (nSPS) is 23.2. The highest BCUT2D eigenvalue weighted by molar-refractivity contribution is 5.84. The molecule has 0 bridgehead atoms. The van der Waals surface area contributed by atoms with E-state index >= 15 is 0 Å². The second kappa shape index (κ2) is 10.1. The van der Waals surface area contributed by atoms with Crippen molar-refractivity contribution in [2.45, 2.75) is 44.9 Å². The molecule has 0 aromatic carbocycles. The number of hydrogen-bond acceptors (Lipinski definition) is 5. The van der Waals surface area contributed by atoms with E-state index in [9.17, 15) is 4.79 Å². The molecule has 0 spiro atoms. The van der Waals surface area contributed by atoms with Crippen LogP contribution in [-0.4, -0.2) is 93.5 Å². The molecule has 26 heavy (non-hydrogen) atoms. The fourth-order valence-corrected chi connectivity index (χ4v) is 3.33. The van der Waals surface area contributed by atoms with Gasteiger partial charge in [0.15, 0.2) is 11.7 Å². The Hall–Kier alpha value is -1.38. The van der Waals surface area contributed by atoms with Gasteiger partial charge in [0.05, 0.1) is 13.2 Å². The van der Waals surface area contributed by atoms with Crippen molar-refractivity contribution in [1.82, 2.24) is 20.4 Å². The number of aliphatic imine (C=N–C) groups is 1. The standard InChI is InChI=1S/C18H35N5O3/c1-5-23-10-6-7-15(23)13-20-17(21-14-16(24)22(3)4)19-9-8-18(2)25-11-12-26-18/h15H,5-14H2,1-4H3,(H2,19,20,21). The van der Waals surface area contributed by atoms with Crippen LogP contribution in [0.15, 0.2) is 4.99 Å². The van der Waals surface area contributed by atoms with Crippen LogP contribution in [0.5, 0.6) is 0 Å². The molecule has 2 fully saturated rings. The first kappa shape index (κ1) is 20.9. The molecule has 2 rings (SSSR count). The number of nitrogens with one attached hydrogen (secondary N) is 2. The fourth-order valence-electron chi connectivity index (χ4n) is 3.33. The molecule has 0 aromatic heterocycles. The third kappa shape index (κ3) is 6.41. The molecule has 0 radical (unpaired) electrons. The molecular weight excluding hydrogens is 334 g/mol. The van der Waals surface area contributed by atoms with Gasteiger partial charge in [-0.3, -0.25) is 9.69 Å². The van der Waals surface area contributed by atoms with Gasteiger partial charge in [0, 0.05) is 39.6 Å². The second-order valence-electron chi connectivity index (χ2n) is 7.27. The number of carbonyl (C=O) groups excluding carboxylic acids is 1. The van der Waals surface area contributed by atoms with Gasteiger partial charge in [-0.05, 0) is 32.9 Å². The SMILES string of the molecule is CCN1CCCC1CNC(=NCC(=O)N(C)C)NCCC1(C)OCCO1. The monoisotopic (exact) mass is 369 g/mol. The van der Waals surface area contributed by atoms with E-state index in [1.54, 1.807) is 19.0 Å². The molecule has 1 atom stereocenters. The molecule has 2 heterocycles. The Morgan fingerprint density at radius 2 is 2.04 bits per heavy atom. The summed E-state index contributed by atoms with van der Waals surface area (Å²) in [5.74, 6) is 0.128. The number of carbonyl (C=O) groups is 1. The molecule has 1 amide bonds. The number of ether oxygens (including phenoxy) is 2. The van der Waals surface area contributed by atoms with Crippen LogP contribution in [0.1, 0.15) is 33.1 Å². The molecular formula is C18H35N5O3. The molecule has 2 N–H and O–H groups in total. The number of nitrogens with zero attached hydrogens (tertiary/aromatic N) is 3. The third-order valence-corrected chi connectivity index (χ3v) is 5.05. The second-order valence-corrected chi connectivity index (χ2v) is 7.27. The Morgan fingerprint density at radius 1 is 1.31 bits per heavy atom. The van der Waals surface area contributed by atoms with E-state index in [1.165, 1.54) is 12.8 Å². The Kier molecular flexibility index (Phi) is 8.12. The zero-order valence-corrected chi connectivity index (χ0v) is 16.7. The number of likely N-dealkylation sites (N-methyl/N-ethyl adjacent to an activating group) is 2. The molecule has 1 unspecified atom stereocenters. The van der Waals surface area contributed by atoms with Gasteiger partial charge >= 0.3 is 0 Å². The smallest absolute Gasteiger partial charge is 0.243 e. The summed E-state index contributed by atoms with van der Waals surface area (Å²) in [5.41, 5.74) is 0. The lowest BCUT2D eigenvalue weighted by Gasteiger charge is -2.25. The van der Waals surface area contributed by atoms with Crippen molar-refractivity contribution in [2.75, 3.05) is 60.0 Å². The van der Waals surface area contributed by atoms with Gasteiger partial charge < -0.3 is 25.0 Å². The molecule has 8 nitrogen and oxygen atoms in total. The molecule has 2 aliphatic heterocycles. The van der Waals surface area contributed by atoms with Crippen LogP contribution in [0.25, 0.3) is 0 Å². The Balaban J connectivity index is 1.85. The molecule has 2 aliphatic rings. The number of amides is 1. The van der Waals surface area contributed by atoms with Gasteiger partial charge in [-0.25, -0.2) is 4.99 Å².